The van der Waals surface area contributed by atoms with Crippen LogP contribution in [-0.2, 0) is 9.53 Å². The number of carbonyl (C=O) groups is 2. The van der Waals surface area contributed by atoms with Crippen LogP contribution in [0.4, 0.5) is 0 Å². The van der Waals surface area contributed by atoms with Crippen molar-refractivity contribution in [3.63, 3.8) is 0 Å². The van der Waals surface area contributed by atoms with Gasteiger partial charge < -0.3 is 14.7 Å². The van der Waals surface area contributed by atoms with E-state index in [1.807, 2.05) is 0 Å². The molecule has 1 aromatic rings. The predicted molar refractivity (Wildman–Crippen MR) is 77.9 cm³/mol. The molecule has 2 unspecified atom stereocenters. The minimum absolute atomic E-state index is 0.0747. The highest BCUT2D eigenvalue weighted by atomic mass is 16.5. The zero-order chi connectivity index (χ0) is 15.4. The molecular formula is C16H21NO4. The number of aromatic hydroxyl groups is 1. The van der Waals surface area contributed by atoms with Crippen molar-refractivity contribution >= 4 is 11.9 Å². The van der Waals surface area contributed by atoms with E-state index in [4.69, 9.17) is 4.74 Å². The third-order valence-electron chi connectivity index (χ3n) is 3.67. The fraction of sp³-hybridized carbons (Fsp3) is 0.500. The van der Waals surface area contributed by atoms with E-state index in [0.29, 0.717) is 24.9 Å². The third kappa shape index (κ3) is 3.97. The number of esters is 1. The summed E-state index contributed by atoms with van der Waals surface area (Å²) < 4.78 is 5.00. The Morgan fingerprint density at radius 1 is 1.24 bits per heavy atom. The summed E-state index contributed by atoms with van der Waals surface area (Å²) in [5.74, 6) is -0.0787. The van der Waals surface area contributed by atoms with Gasteiger partial charge >= 0.3 is 5.97 Å². The number of piperidine rings is 1. The van der Waals surface area contributed by atoms with Crippen molar-refractivity contribution in [3.8, 4) is 5.75 Å². The van der Waals surface area contributed by atoms with Crippen molar-refractivity contribution in [2.75, 3.05) is 19.7 Å². The number of ether oxygens (including phenoxy) is 1. The highest BCUT2D eigenvalue weighted by Crippen LogP contribution is 2.21. The number of benzene rings is 1. The topological polar surface area (TPSA) is 66.8 Å². The van der Waals surface area contributed by atoms with Crippen LogP contribution in [0.3, 0.4) is 0 Å². The van der Waals surface area contributed by atoms with Gasteiger partial charge in [0.15, 0.2) is 6.61 Å². The fourth-order valence-electron chi connectivity index (χ4n) is 2.81. The Labute approximate surface area is 124 Å². The summed E-state index contributed by atoms with van der Waals surface area (Å²) in [5.41, 5.74) is 0.0747. The van der Waals surface area contributed by atoms with Crippen molar-refractivity contribution in [3.05, 3.63) is 29.8 Å². The molecule has 1 fully saturated rings. The molecule has 0 saturated carbocycles. The molecule has 5 heteroatoms. The quantitative estimate of drug-likeness (QED) is 0.866. The maximum Gasteiger partial charge on any atom is 0.342 e. The predicted octanol–water partition coefficient (Wildman–Crippen LogP) is 2.05. The first-order chi connectivity index (χ1) is 9.97. The van der Waals surface area contributed by atoms with E-state index >= 15 is 0 Å². The van der Waals surface area contributed by atoms with Gasteiger partial charge in [-0.2, -0.15) is 0 Å². The van der Waals surface area contributed by atoms with E-state index in [-0.39, 0.29) is 23.8 Å². The average Bonchev–Trinajstić information content (AvgIpc) is 2.43. The number of likely N-dealkylation sites (tertiary alicyclic amines) is 1. The number of carbonyl (C=O) groups excluding carboxylic acids is 2. The summed E-state index contributed by atoms with van der Waals surface area (Å²) >= 11 is 0. The molecule has 1 aliphatic rings. The molecule has 0 radical (unpaired) electrons. The van der Waals surface area contributed by atoms with Crippen LogP contribution in [0.1, 0.15) is 30.6 Å². The number of hydrogen-bond donors (Lipinski definition) is 1. The monoisotopic (exact) mass is 291 g/mol. The molecule has 114 valence electrons. The molecule has 1 amide bonds. The van der Waals surface area contributed by atoms with Gasteiger partial charge in [-0.15, -0.1) is 0 Å². The highest BCUT2D eigenvalue weighted by molar-refractivity contribution is 5.93. The smallest absolute Gasteiger partial charge is 0.342 e. The highest BCUT2D eigenvalue weighted by Gasteiger charge is 2.26. The molecule has 5 nitrogen and oxygen atoms in total. The standard InChI is InChI=1S/C16H21NO4/c1-11-7-12(2)9-17(8-11)15(19)10-21-16(20)13-5-3-4-6-14(13)18/h3-6,11-12,18H,7-10H2,1-2H3. The summed E-state index contributed by atoms with van der Waals surface area (Å²) in [6, 6.07) is 6.12. The molecule has 1 saturated heterocycles. The molecule has 1 N–H and O–H groups in total. The first kappa shape index (κ1) is 15.4. The van der Waals surface area contributed by atoms with Crippen LogP contribution in [0.25, 0.3) is 0 Å². The van der Waals surface area contributed by atoms with Gasteiger partial charge in [0.05, 0.1) is 0 Å². The van der Waals surface area contributed by atoms with Crippen molar-refractivity contribution < 1.29 is 19.4 Å². The summed E-state index contributed by atoms with van der Waals surface area (Å²) in [5, 5.41) is 9.57. The Morgan fingerprint density at radius 2 is 1.86 bits per heavy atom. The second-order valence-electron chi connectivity index (χ2n) is 5.84. The normalized spacial score (nSPS) is 21.9. The average molecular weight is 291 g/mol. The van der Waals surface area contributed by atoms with Crippen molar-refractivity contribution in [2.45, 2.75) is 20.3 Å². The Morgan fingerprint density at radius 3 is 2.48 bits per heavy atom. The molecule has 2 atom stereocenters. The van der Waals surface area contributed by atoms with Crippen LogP contribution < -0.4 is 0 Å². The Balaban J connectivity index is 1.89. The van der Waals surface area contributed by atoms with Gasteiger partial charge in [-0.25, -0.2) is 4.79 Å². The number of phenols is 1. The van der Waals surface area contributed by atoms with Gasteiger partial charge in [-0.3, -0.25) is 4.79 Å². The van der Waals surface area contributed by atoms with Crippen LogP contribution in [0.5, 0.6) is 5.75 Å². The van der Waals surface area contributed by atoms with E-state index in [1.165, 1.54) is 12.1 Å². The lowest BCUT2D eigenvalue weighted by Gasteiger charge is -2.34. The molecular weight excluding hydrogens is 270 g/mol. The minimum Gasteiger partial charge on any atom is -0.507 e. The summed E-state index contributed by atoms with van der Waals surface area (Å²) in [6.45, 7) is 5.36. The Bertz CT molecular complexity index is 519. The molecule has 0 aromatic heterocycles. The first-order valence-corrected chi connectivity index (χ1v) is 7.20. The van der Waals surface area contributed by atoms with E-state index in [2.05, 4.69) is 13.8 Å². The van der Waals surface area contributed by atoms with E-state index in [1.54, 1.807) is 17.0 Å². The number of amides is 1. The SMILES string of the molecule is CC1CC(C)CN(C(=O)COC(=O)c2ccccc2O)C1. The first-order valence-electron chi connectivity index (χ1n) is 7.20. The fourth-order valence-corrected chi connectivity index (χ4v) is 2.81. The second-order valence-corrected chi connectivity index (χ2v) is 5.84. The van der Waals surface area contributed by atoms with Gasteiger partial charge in [-0.05, 0) is 30.4 Å². The molecule has 0 aliphatic carbocycles. The number of phenolic OH excluding ortho intramolecular Hbond substituents is 1. The largest absolute Gasteiger partial charge is 0.507 e. The molecule has 21 heavy (non-hydrogen) atoms. The van der Waals surface area contributed by atoms with E-state index in [9.17, 15) is 14.7 Å². The molecule has 0 bridgehead atoms. The van der Waals surface area contributed by atoms with Crippen molar-refractivity contribution in [2.24, 2.45) is 11.8 Å². The number of rotatable bonds is 3. The van der Waals surface area contributed by atoms with Gasteiger partial charge in [0.1, 0.15) is 11.3 Å². The van der Waals surface area contributed by atoms with Crippen molar-refractivity contribution in [1.29, 1.82) is 0 Å². The third-order valence-corrected chi connectivity index (χ3v) is 3.67. The van der Waals surface area contributed by atoms with Gasteiger partial charge in [0.2, 0.25) is 0 Å². The van der Waals surface area contributed by atoms with Crippen LogP contribution in [0, 0.1) is 11.8 Å². The van der Waals surface area contributed by atoms with Crippen LogP contribution in [-0.4, -0.2) is 41.6 Å². The molecule has 0 spiro atoms. The van der Waals surface area contributed by atoms with E-state index < -0.39 is 5.97 Å². The van der Waals surface area contributed by atoms with Gasteiger partial charge in [0, 0.05) is 13.1 Å². The summed E-state index contributed by atoms with van der Waals surface area (Å²) in [4.78, 5) is 25.7. The maximum atomic E-state index is 12.1. The van der Waals surface area contributed by atoms with Crippen LogP contribution >= 0.6 is 0 Å². The lowest BCUT2D eigenvalue weighted by molar-refractivity contribution is -0.137. The van der Waals surface area contributed by atoms with Crippen LogP contribution in [0.2, 0.25) is 0 Å². The molecule has 2 rings (SSSR count). The second kappa shape index (κ2) is 6.61. The zero-order valence-corrected chi connectivity index (χ0v) is 12.4. The maximum absolute atomic E-state index is 12.1. The summed E-state index contributed by atoms with van der Waals surface area (Å²) in [7, 11) is 0. The number of nitrogens with zero attached hydrogens (tertiary/aromatic N) is 1. The molecule has 1 aliphatic heterocycles. The van der Waals surface area contributed by atoms with Crippen molar-refractivity contribution in [1.82, 2.24) is 4.90 Å². The zero-order valence-electron chi connectivity index (χ0n) is 12.4. The van der Waals surface area contributed by atoms with Crippen LogP contribution in [0.15, 0.2) is 24.3 Å². The minimum atomic E-state index is -0.681. The number of para-hydroxylation sites is 1. The number of hydrogen-bond acceptors (Lipinski definition) is 4. The Kier molecular flexibility index (Phi) is 4.83. The van der Waals surface area contributed by atoms with E-state index in [0.717, 1.165) is 6.42 Å². The molecule has 1 heterocycles. The summed E-state index contributed by atoms with van der Waals surface area (Å²) in [6.07, 6.45) is 1.11. The Hall–Kier alpha value is -2.04. The molecule has 1 aromatic carbocycles. The van der Waals surface area contributed by atoms with Gasteiger partial charge in [-0.1, -0.05) is 26.0 Å². The van der Waals surface area contributed by atoms with Gasteiger partial charge in [0.25, 0.3) is 5.91 Å². The lowest BCUT2D eigenvalue weighted by Crippen LogP contribution is -2.44. The lowest BCUT2D eigenvalue weighted by atomic mass is 9.92.